The molecule has 0 bridgehead atoms. The molecule has 2 heterocycles. The molecule has 1 N–H and O–H groups in total. The highest BCUT2D eigenvalue weighted by molar-refractivity contribution is 7.07. The van der Waals surface area contributed by atoms with Gasteiger partial charge in [0.1, 0.15) is 5.82 Å². The molecule has 3 nitrogen and oxygen atoms in total. The summed E-state index contributed by atoms with van der Waals surface area (Å²) in [5.41, 5.74) is 4.69. The van der Waals surface area contributed by atoms with Gasteiger partial charge in [0, 0.05) is 23.8 Å². The van der Waals surface area contributed by atoms with Crippen LogP contribution in [0.15, 0.2) is 47.3 Å². The summed E-state index contributed by atoms with van der Waals surface area (Å²) < 4.78 is 15.5. The maximum atomic E-state index is 13.6. The van der Waals surface area contributed by atoms with Gasteiger partial charge in [0.15, 0.2) is 0 Å². The van der Waals surface area contributed by atoms with Crippen LogP contribution in [0.2, 0.25) is 0 Å². The van der Waals surface area contributed by atoms with E-state index in [0.717, 1.165) is 25.1 Å². The van der Waals surface area contributed by atoms with Crippen LogP contribution in [-0.4, -0.2) is 9.78 Å². The zero-order valence-corrected chi connectivity index (χ0v) is 15.3. The summed E-state index contributed by atoms with van der Waals surface area (Å²) in [7, 11) is 0. The number of fused-ring (bicyclic) bond motifs is 1. The normalized spacial score (nSPS) is 18.9. The molecule has 1 atom stereocenters. The van der Waals surface area contributed by atoms with E-state index in [1.54, 1.807) is 23.5 Å². The molecular weight excluding hydrogens is 333 g/mol. The average Bonchev–Trinajstić information content (AvgIpc) is 3.21. The van der Waals surface area contributed by atoms with Crippen LogP contribution in [0.4, 0.5) is 4.39 Å². The van der Waals surface area contributed by atoms with Crippen LogP contribution in [-0.2, 0) is 13.0 Å². The Kier molecular flexibility index (Phi) is 4.21. The van der Waals surface area contributed by atoms with Crippen molar-refractivity contribution in [1.82, 2.24) is 15.1 Å². The van der Waals surface area contributed by atoms with Gasteiger partial charge < -0.3 is 5.32 Å². The smallest absolute Gasteiger partial charge is 0.125 e. The summed E-state index contributed by atoms with van der Waals surface area (Å²) in [6.07, 6.45) is 3.95. The Hall–Kier alpha value is -1.98. The van der Waals surface area contributed by atoms with Gasteiger partial charge in [0.2, 0.25) is 0 Å². The van der Waals surface area contributed by atoms with Gasteiger partial charge >= 0.3 is 0 Å². The molecule has 0 unspecified atom stereocenters. The fourth-order valence-electron chi connectivity index (χ4n) is 3.69. The Morgan fingerprint density at radius 3 is 3.00 bits per heavy atom. The summed E-state index contributed by atoms with van der Waals surface area (Å²) in [5.74, 6) is -0.232. The number of benzene rings is 1. The van der Waals surface area contributed by atoms with Crippen LogP contribution < -0.4 is 5.32 Å². The molecular formula is C20H22FN3S. The molecule has 2 aromatic heterocycles. The number of hydrogen-bond acceptors (Lipinski definition) is 3. The maximum Gasteiger partial charge on any atom is 0.125 e. The monoisotopic (exact) mass is 355 g/mol. The number of nitrogens with zero attached hydrogens (tertiary/aromatic N) is 2. The molecule has 5 heteroatoms. The van der Waals surface area contributed by atoms with Crippen LogP contribution in [0.5, 0.6) is 0 Å². The topological polar surface area (TPSA) is 29.9 Å². The van der Waals surface area contributed by atoms with Gasteiger partial charge in [-0.05, 0) is 58.8 Å². The molecule has 0 saturated heterocycles. The molecule has 1 aliphatic carbocycles. The van der Waals surface area contributed by atoms with E-state index >= 15 is 0 Å². The summed E-state index contributed by atoms with van der Waals surface area (Å²) in [5, 5.41) is 12.6. The van der Waals surface area contributed by atoms with E-state index in [4.69, 9.17) is 0 Å². The van der Waals surface area contributed by atoms with Crippen molar-refractivity contribution in [3.63, 3.8) is 0 Å². The third-order valence-electron chi connectivity index (χ3n) is 4.86. The van der Waals surface area contributed by atoms with Crippen molar-refractivity contribution in [2.45, 2.75) is 39.3 Å². The lowest BCUT2D eigenvalue weighted by Crippen LogP contribution is -2.33. The Morgan fingerprint density at radius 1 is 1.36 bits per heavy atom. The minimum absolute atomic E-state index is 0.171. The molecule has 0 fully saturated rings. The van der Waals surface area contributed by atoms with E-state index in [1.807, 2.05) is 16.9 Å². The van der Waals surface area contributed by atoms with Crippen LogP contribution in [0.1, 0.15) is 43.1 Å². The lowest BCUT2D eigenvalue weighted by Gasteiger charge is -2.36. The van der Waals surface area contributed by atoms with E-state index < -0.39 is 0 Å². The number of rotatable bonds is 4. The predicted octanol–water partition coefficient (Wildman–Crippen LogP) is 4.88. The van der Waals surface area contributed by atoms with Crippen molar-refractivity contribution >= 4 is 11.3 Å². The Bertz CT molecular complexity index is 867. The lowest BCUT2D eigenvalue weighted by molar-refractivity contribution is 0.253. The zero-order valence-electron chi connectivity index (χ0n) is 14.5. The van der Waals surface area contributed by atoms with Crippen LogP contribution >= 0.6 is 11.3 Å². The van der Waals surface area contributed by atoms with Gasteiger partial charge in [0.25, 0.3) is 0 Å². The van der Waals surface area contributed by atoms with E-state index in [2.05, 4.69) is 41.1 Å². The number of aromatic nitrogens is 2. The second-order valence-electron chi connectivity index (χ2n) is 7.55. The highest BCUT2D eigenvalue weighted by atomic mass is 32.1. The van der Waals surface area contributed by atoms with Crippen molar-refractivity contribution in [1.29, 1.82) is 0 Å². The van der Waals surface area contributed by atoms with Gasteiger partial charge in [-0.3, -0.25) is 0 Å². The van der Waals surface area contributed by atoms with Crippen LogP contribution in [0.3, 0.4) is 0 Å². The third-order valence-corrected chi connectivity index (χ3v) is 5.60. The first-order chi connectivity index (χ1) is 12.0. The molecule has 0 aliphatic heterocycles. The van der Waals surface area contributed by atoms with Gasteiger partial charge in [0.05, 0.1) is 11.9 Å². The highest BCUT2D eigenvalue weighted by Gasteiger charge is 2.35. The van der Waals surface area contributed by atoms with E-state index in [0.29, 0.717) is 0 Å². The SMILES string of the molecule is CC1(C)Cc2c(cnn2-c2cccc(F)c2)[C@H](NCc2ccsc2)C1. The number of thiophene rings is 1. The molecule has 0 spiro atoms. The first-order valence-corrected chi connectivity index (χ1v) is 9.53. The summed E-state index contributed by atoms with van der Waals surface area (Å²) in [6.45, 7) is 5.44. The van der Waals surface area contributed by atoms with Crippen LogP contribution in [0.25, 0.3) is 5.69 Å². The summed E-state index contributed by atoms with van der Waals surface area (Å²) >= 11 is 1.72. The number of halogens is 1. The Balaban J connectivity index is 1.67. The summed E-state index contributed by atoms with van der Waals surface area (Å²) in [6, 6.07) is 9.08. The highest BCUT2D eigenvalue weighted by Crippen LogP contribution is 2.41. The quantitative estimate of drug-likeness (QED) is 0.723. The number of hydrogen-bond donors (Lipinski definition) is 1. The van der Waals surface area contributed by atoms with Crippen LogP contribution in [0, 0.1) is 11.2 Å². The largest absolute Gasteiger partial charge is 0.306 e. The second-order valence-corrected chi connectivity index (χ2v) is 8.33. The minimum Gasteiger partial charge on any atom is -0.306 e. The maximum absolute atomic E-state index is 13.6. The average molecular weight is 355 g/mol. The van der Waals surface area contributed by atoms with Crippen molar-refractivity contribution < 1.29 is 4.39 Å². The predicted molar refractivity (Wildman–Crippen MR) is 99.5 cm³/mol. The Morgan fingerprint density at radius 2 is 2.24 bits per heavy atom. The fourth-order valence-corrected chi connectivity index (χ4v) is 4.36. The molecule has 1 aliphatic rings. The van der Waals surface area contributed by atoms with Gasteiger partial charge in [-0.2, -0.15) is 16.4 Å². The first-order valence-electron chi connectivity index (χ1n) is 8.59. The number of nitrogens with one attached hydrogen (secondary N) is 1. The van der Waals surface area contributed by atoms with Gasteiger partial charge in [-0.1, -0.05) is 19.9 Å². The molecule has 4 rings (SSSR count). The molecule has 0 saturated carbocycles. The molecule has 25 heavy (non-hydrogen) atoms. The van der Waals surface area contributed by atoms with Gasteiger partial charge in [-0.15, -0.1) is 0 Å². The Labute approximate surface area is 151 Å². The van der Waals surface area contributed by atoms with Crippen molar-refractivity contribution in [2.24, 2.45) is 5.41 Å². The summed E-state index contributed by atoms with van der Waals surface area (Å²) in [4.78, 5) is 0. The zero-order chi connectivity index (χ0) is 17.4. The lowest BCUT2D eigenvalue weighted by atomic mass is 9.74. The minimum atomic E-state index is -0.232. The second kappa shape index (κ2) is 6.39. The fraction of sp³-hybridized carbons (Fsp3) is 0.350. The van der Waals surface area contributed by atoms with Gasteiger partial charge in [-0.25, -0.2) is 9.07 Å². The molecule has 3 aromatic rings. The molecule has 1 aromatic carbocycles. The molecule has 0 radical (unpaired) electrons. The third kappa shape index (κ3) is 3.39. The van der Waals surface area contributed by atoms with Crippen molar-refractivity contribution in [3.05, 3.63) is 69.9 Å². The van der Waals surface area contributed by atoms with E-state index in [9.17, 15) is 4.39 Å². The van der Waals surface area contributed by atoms with E-state index in [1.165, 1.54) is 22.9 Å². The van der Waals surface area contributed by atoms with Crippen molar-refractivity contribution in [3.8, 4) is 5.69 Å². The van der Waals surface area contributed by atoms with E-state index in [-0.39, 0.29) is 17.3 Å². The molecule has 0 amide bonds. The first kappa shape index (κ1) is 16.5. The van der Waals surface area contributed by atoms with Crippen molar-refractivity contribution in [2.75, 3.05) is 0 Å². The standard InChI is InChI=1S/C20H22FN3S/c1-20(2)9-18(22-11-14-6-7-25-13-14)17-12-23-24(19(17)10-20)16-5-3-4-15(21)8-16/h3-8,12-13,18,22H,9-11H2,1-2H3/t18-/m1/s1. The molecule has 130 valence electrons.